The smallest absolute Gasteiger partial charge is 0.347 e. The summed E-state index contributed by atoms with van der Waals surface area (Å²) in [4.78, 5) is 24.5. The molecule has 1 N–H and O–H groups in total. The topological polar surface area (TPSA) is 90.7 Å². The number of nitrogens with zero attached hydrogens (tertiary/aromatic N) is 1. The van der Waals surface area contributed by atoms with Crippen molar-refractivity contribution in [3.63, 3.8) is 0 Å². The Balaban J connectivity index is 1.95. The summed E-state index contributed by atoms with van der Waals surface area (Å²) >= 11 is 5.90. The first-order chi connectivity index (χ1) is 12.3. The lowest BCUT2D eigenvalue weighted by Gasteiger charge is -2.19. The van der Waals surface area contributed by atoms with Crippen molar-refractivity contribution in [2.24, 2.45) is 0 Å². The summed E-state index contributed by atoms with van der Waals surface area (Å²) in [5.74, 6) is 0.227. The number of nitrogens with one attached hydrogen (secondary N) is 1. The highest BCUT2D eigenvalue weighted by Gasteiger charge is 2.26. The minimum Gasteiger partial charge on any atom is -0.479 e. The predicted octanol–water partition coefficient (Wildman–Crippen LogP) is 3.67. The number of esters is 1. The van der Waals surface area contributed by atoms with Gasteiger partial charge in [-0.2, -0.15) is 0 Å². The van der Waals surface area contributed by atoms with Crippen LogP contribution >= 0.6 is 11.6 Å². The molecule has 0 aliphatic heterocycles. The van der Waals surface area contributed by atoms with Gasteiger partial charge >= 0.3 is 5.97 Å². The fourth-order valence-electron chi connectivity index (χ4n) is 2.17. The standard InChI is InChI=1S/C18H21ClN2O5/c1-5-14(17(22)20-16-9-11(3)26-21-16)25-18(23)12(4)24-15-7-6-13(19)8-10(15)2/h6-9,12,14H,5H2,1-4H3,(H,20,21,22). The lowest BCUT2D eigenvalue weighted by molar-refractivity contribution is -0.160. The van der Waals surface area contributed by atoms with Crippen molar-refractivity contribution in [2.45, 2.75) is 46.3 Å². The molecule has 0 saturated heterocycles. The first-order valence-corrected chi connectivity index (χ1v) is 8.55. The van der Waals surface area contributed by atoms with Crippen LogP contribution in [-0.4, -0.2) is 29.2 Å². The van der Waals surface area contributed by atoms with Crippen molar-refractivity contribution >= 4 is 29.3 Å². The Labute approximate surface area is 156 Å². The van der Waals surface area contributed by atoms with Crippen molar-refractivity contribution in [1.82, 2.24) is 5.16 Å². The maximum atomic E-state index is 12.3. The van der Waals surface area contributed by atoms with Gasteiger partial charge in [0.25, 0.3) is 5.91 Å². The summed E-state index contributed by atoms with van der Waals surface area (Å²) in [7, 11) is 0. The average Bonchev–Trinajstić information content (AvgIpc) is 2.99. The van der Waals surface area contributed by atoms with E-state index in [-0.39, 0.29) is 5.82 Å². The quantitative estimate of drug-likeness (QED) is 0.737. The van der Waals surface area contributed by atoms with Gasteiger partial charge in [-0.1, -0.05) is 23.7 Å². The third-order valence-electron chi connectivity index (χ3n) is 3.57. The predicted molar refractivity (Wildman–Crippen MR) is 96.3 cm³/mol. The molecule has 2 rings (SSSR count). The second kappa shape index (κ2) is 8.71. The maximum absolute atomic E-state index is 12.3. The van der Waals surface area contributed by atoms with Crippen molar-refractivity contribution in [1.29, 1.82) is 0 Å². The molecule has 0 bridgehead atoms. The number of benzene rings is 1. The summed E-state index contributed by atoms with van der Waals surface area (Å²) in [6, 6.07) is 6.65. The van der Waals surface area contributed by atoms with Crippen molar-refractivity contribution in [3.05, 3.63) is 40.6 Å². The molecule has 2 unspecified atom stereocenters. The Bertz CT molecular complexity index is 790. The normalized spacial score (nSPS) is 13.0. The first-order valence-electron chi connectivity index (χ1n) is 8.17. The van der Waals surface area contributed by atoms with Crippen LogP contribution in [0.15, 0.2) is 28.8 Å². The molecule has 2 aromatic rings. The highest BCUT2D eigenvalue weighted by molar-refractivity contribution is 6.30. The molecule has 0 fully saturated rings. The van der Waals surface area contributed by atoms with Gasteiger partial charge < -0.3 is 19.3 Å². The molecule has 1 heterocycles. The van der Waals surface area contributed by atoms with Gasteiger partial charge in [0.05, 0.1) is 0 Å². The van der Waals surface area contributed by atoms with Crippen LogP contribution < -0.4 is 10.1 Å². The SMILES string of the molecule is CCC(OC(=O)C(C)Oc1ccc(Cl)cc1C)C(=O)Nc1cc(C)on1. The van der Waals surface area contributed by atoms with E-state index in [0.717, 1.165) is 5.56 Å². The van der Waals surface area contributed by atoms with Crippen molar-refractivity contribution in [2.75, 3.05) is 5.32 Å². The van der Waals surface area contributed by atoms with Crippen molar-refractivity contribution < 1.29 is 23.6 Å². The fourth-order valence-corrected chi connectivity index (χ4v) is 2.40. The average molecular weight is 381 g/mol. The van der Waals surface area contributed by atoms with Crippen LogP contribution in [0.25, 0.3) is 0 Å². The Morgan fingerprint density at radius 2 is 2.04 bits per heavy atom. The molecule has 8 heteroatoms. The summed E-state index contributed by atoms with van der Waals surface area (Å²) in [6.07, 6.45) is -1.54. The molecule has 0 spiro atoms. The van der Waals surface area contributed by atoms with E-state index in [1.807, 2.05) is 6.92 Å². The number of aromatic nitrogens is 1. The summed E-state index contributed by atoms with van der Waals surface area (Å²) < 4.78 is 15.8. The highest BCUT2D eigenvalue weighted by Crippen LogP contribution is 2.23. The van der Waals surface area contributed by atoms with Gasteiger partial charge in [-0.15, -0.1) is 0 Å². The molecule has 26 heavy (non-hydrogen) atoms. The molecule has 0 aliphatic carbocycles. The lowest BCUT2D eigenvalue weighted by atomic mass is 10.2. The number of anilines is 1. The monoisotopic (exact) mass is 380 g/mol. The van der Waals surface area contributed by atoms with Crippen LogP contribution in [-0.2, 0) is 14.3 Å². The summed E-state index contributed by atoms with van der Waals surface area (Å²) in [6.45, 7) is 6.82. The minimum absolute atomic E-state index is 0.267. The lowest BCUT2D eigenvalue weighted by Crippen LogP contribution is -2.36. The van der Waals surface area contributed by atoms with E-state index in [2.05, 4.69) is 10.5 Å². The third kappa shape index (κ3) is 5.23. The number of hydrogen-bond donors (Lipinski definition) is 1. The molecule has 7 nitrogen and oxygen atoms in total. The molecule has 0 aliphatic rings. The summed E-state index contributed by atoms with van der Waals surface area (Å²) in [5, 5.41) is 6.80. The number of aryl methyl sites for hydroxylation is 2. The van der Waals surface area contributed by atoms with E-state index < -0.39 is 24.1 Å². The Hall–Kier alpha value is -2.54. The largest absolute Gasteiger partial charge is 0.479 e. The van der Waals surface area contributed by atoms with E-state index in [9.17, 15) is 9.59 Å². The van der Waals surface area contributed by atoms with Gasteiger partial charge in [0, 0.05) is 11.1 Å². The summed E-state index contributed by atoms with van der Waals surface area (Å²) in [5.41, 5.74) is 0.795. The fraction of sp³-hybridized carbons (Fsp3) is 0.389. The van der Waals surface area contributed by atoms with Gasteiger partial charge in [0.2, 0.25) is 0 Å². The number of hydrogen-bond acceptors (Lipinski definition) is 6. The van der Waals surface area contributed by atoms with Crippen LogP contribution in [0.5, 0.6) is 5.75 Å². The van der Waals surface area contributed by atoms with Crippen LogP contribution in [0, 0.1) is 13.8 Å². The zero-order chi connectivity index (χ0) is 19.3. The van der Waals surface area contributed by atoms with Crippen molar-refractivity contribution in [3.8, 4) is 5.75 Å². The number of rotatable bonds is 7. The van der Waals surface area contributed by atoms with Gasteiger partial charge in [0.15, 0.2) is 18.0 Å². The third-order valence-corrected chi connectivity index (χ3v) is 3.81. The Morgan fingerprint density at radius 1 is 1.31 bits per heavy atom. The molecule has 0 saturated carbocycles. The number of amides is 1. The molecular formula is C18H21ClN2O5. The van der Waals surface area contributed by atoms with Gasteiger partial charge in [-0.25, -0.2) is 4.79 Å². The maximum Gasteiger partial charge on any atom is 0.347 e. The molecule has 1 amide bonds. The zero-order valence-corrected chi connectivity index (χ0v) is 15.8. The van der Waals surface area contributed by atoms with E-state index in [0.29, 0.717) is 23.0 Å². The highest BCUT2D eigenvalue weighted by atomic mass is 35.5. The number of ether oxygens (including phenoxy) is 2. The first kappa shape index (κ1) is 19.8. The second-order valence-corrected chi connectivity index (χ2v) is 6.25. The van der Waals surface area contributed by atoms with Crippen LogP contribution in [0.3, 0.4) is 0 Å². The van der Waals surface area contributed by atoms with Crippen LogP contribution in [0.1, 0.15) is 31.6 Å². The van der Waals surface area contributed by atoms with E-state index >= 15 is 0 Å². The van der Waals surface area contributed by atoms with E-state index in [1.54, 1.807) is 45.0 Å². The molecule has 0 radical (unpaired) electrons. The molecule has 1 aromatic heterocycles. The minimum atomic E-state index is -0.961. The van der Waals surface area contributed by atoms with Gasteiger partial charge in [-0.05, 0) is 51.0 Å². The second-order valence-electron chi connectivity index (χ2n) is 5.82. The number of halogens is 1. The van der Waals surface area contributed by atoms with Crippen LogP contribution in [0.2, 0.25) is 5.02 Å². The molecular weight excluding hydrogens is 360 g/mol. The molecule has 2 atom stereocenters. The van der Waals surface area contributed by atoms with Gasteiger partial charge in [-0.3, -0.25) is 4.79 Å². The molecule has 140 valence electrons. The van der Waals surface area contributed by atoms with Gasteiger partial charge in [0.1, 0.15) is 11.5 Å². The Morgan fingerprint density at radius 3 is 2.62 bits per heavy atom. The van der Waals surface area contributed by atoms with E-state index in [4.69, 9.17) is 25.6 Å². The van der Waals surface area contributed by atoms with E-state index in [1.165, 1.54) is 0 Å². The van der Waals surface area contributed by atoms with Crippen LogP contribution in [0.4, 0.5) is 5.82 Å². The molecule has 1 aromatic carbocycles. The number of carbonyl (C=O) groups is 2. The Kier molecular flexibility index (Phi) is 6.63. The number of carbonyl (C=O) groups excluding carboxylic acids is 2. The zero-order valence-electron chi connectivity index (χ0n) is 15.0.